The Bertz CT molecular complexity index is 689. The van der Waals surface area contributed by atoms with Gasteiger partial charge in [0, 0.05) is 18.2 Å². The summed E-state index contributed by atoms with van der Waals surface area (Å²) < 4.78 is 1.85. The molecule has 1 fully saturated rings. The van der Waals surface area contributed by atoms with Crippen LogP contribution in [-0.4, -0.2) is 40.2 Å². The highest BCUT2D eigenvalue weighted by atomic mass is 16.1. The highest BCUT2D eigenvalue weighted by Gasteiger charge is 2.22. The lowest BCUT2D eigenvalue weighted by atomic mass is 9.93. The van der Waals surface area contributed by atoms with Gasteiger partial charge in [0.25, 0.3) is 0 Å². The Kier molecular flexibility index (Phi) is 6.45. The minimum Gasteiger partial charge on any atom is -0.349 e. The summed E-state index contributed by atoms with van der Waals surface area (Å²) in [5.41, 5.74) is 2.05. The highest BCUT2D eigenvalue weighted by Crippen LogP contribution is 2.21. The van der Waals surface area contributed by atoms with Crippen molar-refractivity contribution in [2.75, 3.05) is 19.6 Å². The van der Waals surface area contributed by atoms with E-state index in [1.807, 2.05) is 54.3 Å². The molecule has 0 bridgehead atoms. The molecule has 0 saturated carbocycles. The fourth-order valence-corrected chi connectivity index (χ4v) is 3.66. The number of nitrogens with zero attached hydrogens (tertiary/aromatic N) is 3. The minimum atomic E-state index is -0.0276. The molecule has 1 aromatic carbocycles. The smallest absolute Gasteiger partial charge is 0.220 e. The van der Waals surface area contributed by atoms with E-state index in [1.165, 1.54) is 13.0 Å². The minimum absolute atomic E-state index is 0.0276. The first-order valence-corrected chi connectivity index (χ1v) is 9.77. The summed E-state index contributed by atoms with van der Waals surface area (Å²) in [6.07, 6.45) is 7.93. The second kappa shape index (κ2) is 8.99. The van der Waals surface area contributed by atoms with E-state index in [2.05, 4.69) is 22.2 Å². The average molecular weight is 354 g/mol. The molecule has 1 saturated heterocycles. The van der Waals surface area contributed by atoms with Gasteiger partial charge in [-0.3, -0.25) is 4.79 Å². The Labute approximate surface area is 156 Å². The van der Waals surface area contributed by atoms with E-state index in [1.54, 1.807) is 0 Å². The molecule has 1 aromatic heterocycles. The van der Waals surface area contributed by atoms with Crippen molar-refractivity contribution in [3.8, 4) is 5.69 Å². The van der Waals surface area contributed by atoms with E-state index >= 15 is 0 Å². The second-order valence-corrected chi connectivity index (χ2v) is 7.33. The number of aromatic nitrogens is 2. The molecular formula is C21H30N4O. The lowest BCUT2D eigenvalue weighted by Crippen LogP contribution is -2.36. The maximum absolute atomic E-state index is 12.4. The Morgan fingerprint density at radius 2 is 2.00 bits per heavy atom. The van der Waals surface area contributed by atoms with Crippen LogP contribution in [0.15, 0.2) is 42.7 Å². The van der Waals surface area contributed by atoms with Crippen LogP contribution in [0, 0.1) is 5.92 Å². The van der Waals surface area contributed by atoms with Crippen molar-refractivity contribution in [2.45, 2.75) is 45.6 Å². The average Bonchev–Trinajstić information content (AvgIpc) is 3.15. The number of hydrogen-bond acceptors (Lipinski definition) is 3. The maximum Gasteiger partial charge on any atom is 0.220 e. The van der Waals surface area contributed by atoms with Gasteiger partial charge in [-0.15, -0.1) is 0 Å². The van der Waals surface area contributed by atoms with E-state index in [0.717, 1.165) is 37.2 Å². The number of benzene rings is 1. The van der Waals surface area contributed by atoms with Crippen molar-refractivity contribution in [1.29, 1.82) is 0 Å². The Morgan fingerprint density at radius 3 is 2.69 bits per heavy atom. The van der Waals surface area contributed by atoms with Crippen LogP contribution in [0.5, 0.6) is 0 Å². The monoisotopic (exact) mass is 354 g/mol. The molecule has 5 heteroatoms. The molecule has 3 rings (SSSR count). The van der Waals surface area contributed by atoms with Gasteiger partial charge in [-0.1, -0.05) is 25.1 Å². The summed E-state index contributed by atoms with van der Waals surface area (Å²) in [4.78, 5) is 14.9. The van der Waals surface area contributed by atoms with Gasteiger partial charge in [-0.05, 0) is 63.9 Å². The molecule has 2 heterocycles. The van der Waals surface area contributed by atoms with Crippen molar-refractivity contribution < 1.29 is 4.79 Å². The zero-order chi connectivity index (χ0) is 18.4. The molecule has 1 N–H and O–H groups in total. The standard InChI is InChI=1S/C21H30N4O/c1-3-11-24-12-9-18(10-13-24)14-21(26)23-17(2)19-15-22-25(16-19)20-7-5-4-6-8-20/h4-8,15-18H,3,9-14H2,1-2H3,(H,23,26)/t17-/m0/s1. The number of hydrogen-bond donors (Lipinski definition) is 1. The summed E-state index contributed by atoms with van der Waals surface area (Å²) >= 11 is 0. The Hall–Kier alpha value is -2.14. The van der Waals surface area contributed by atoms with Crippen LogP contribution in [0.4, 0.5) is 0 Å². The second-order valence-electron chi connectivity index (χ2n) is 7.33. The van der Waals surface area contributed by atoms with Gasteiger partial charge < -0.3 is 10.2 Å². The highest BCUT2D eigenvalue weighted by molar-refractivity contribution is 5.76. The topological polar surface area (TPSA) is 50.2 Å². The van der Waals surface area contributed by atoms with Crippen LogP contribution in [-0.2, 0) is 4.79 Å². The first-order chi connectivity index (χ1) is 12.7. The van der Waals surface area contributed by atoms with Crippen molar-refractivity contribution in [3.63, 3.8) is 0 Å². The molecule has 1 aliphatic heterocycles. The van der Waals surface area contributed by atoms with Crippen LogP contribution in [0.3, 0.4) is 0 Å². The number of amides is 1. The van der Waals surface area contributed by atoms with Gasteiger partial charge in [0.15, 0.2) is 0 Å². The molecule has 0 spiro atoms. The summed E-state index contributed by atoms with van der Waals surface area (Å²) in [5, 5.41) is 7.55. The number of carbonyl (C=O) groups is 1. The van der Waals surface area contributed by atoms with Gasteiger partial charge in [0.05, 0.1) is 17.9 Å². The van der Waals surface area contributed by atoms with Crippen LogP contribution >= 0.6 is 0 Å². The molecule has 1 amide bonds. The lowest BCUT2D eigenvalue weighted by Gasteiger charge is -2.31. The summed E-state index contributed by atoms with van der Waals surface area (Å²) in [5.74, 6) is 0.668. The van der Waals surface area contributed by atoms with Crippen molar-refractivity contribution in [1.82, 2.24) is 20.0 Å². The zero-order valence-corrected chi connectivity index (χ0v) is 15.9. The number of carbonyl (C=O) groups excluding carboxylic acids is 1. The van der Waals surface area contributed by atoms with E-state index in [9.17, 15) is 4.79 Å². The molecule has 5 nitrogen and oxygen atoms in total. The first kappa shape index (κ1) is 18.6. The SMILES string of the molecule is CCCN1CCC(CC(=O)N[C@@H](C)c2cnn(-c3ccccc3)c2)CC1. The van der Waals surface area contributed by atoms with Gasteiger partial charge in [0.1, 0.15) is 0 Å². The van der Waals surface area contributed by atoms with Gasteiger partial charge >= 0.3 is 0 Å². The molecule has 0 radical (unpaired) electrons. The predicted octanol–water partition coefficient (Wildman–Crippen LogP) is 3.56. The molecule has 0 aliphatic carbocycles. The zero-order valence-electron chi connectivity index (χ0n) is 15.9. The fraction of sp³-hybridized carbons (Fsp3) is 0.524. The third-order valence-electron chi connectivity index (χ3n) is 5.22. The maximum atomic E-state index is 12.4. The van der Waals surface area contributed by atoms with Crippen LogP contribution in [0.2, 0.25) is 0 Å². The van der Waals surface area contributed by atoms with Crippen LogP contribution in [0.25, 0.3) is 5.69 Å². The van der Waals surface area contributed by atoms with E-state index in [4.69, 9.17) is 0 Å². The fourth-order valence-electron chi connectivity index (χ4n) is 3.66. The Balaban J connectivity index is 1.48. The molecule has 2 aromatic rings. The number of piperidine rings is 1. The lowest BCUT2D eigenvalue weighted by molar-refractivity contribution is -0.123. The van der Waals surface area contributed by atoms with Crippen LogP contribution < -0.4 is 5.32 Å². The van der Waals surface area contributed by atoms with E-state index < -0.39 is 0 Å². The largest absolute Gasteiger partial charge is 0.349 e. The predicted molar refractivity (Wildman–Crippen MR) is 104 cm³/mol. The molecular weight excluding hydrogens is 324 g/mol. The van der Waals surface area contributed by atoms with E-state index in [0.29, 0.717) is 12.3 Å². The number of rotatable bonds is 7. The van der Waals surface area contributed by atoms with Crippen molar-refractivity contribution in [2.24, 2.45) is 5.92 Å². The number of nitrogens with one attached hydrogen (secondary N) is 1. The third kappa shape index (κ3) is 4.94. The van der Waals surface area contributed by atoms with Gasteiger partial charge in [-0.2, -0.15) is 5.10 Å². The first-order valence-electron chi connectivity index (χ1n) is 9.77. The molecule has 26 heavy (non-hydrogen) atoms. The normalized spacial score (nSPS) is 17.2. The van der Waals surface area contributed by atoms with Crippen LogP contribution in [0.1, 0.15) is 51.1 Å². The molecule has 140 valence electrons. The van der Waals surface area contributed by atoms with Gasteiger partial charge in [0.2, 0.25) is 5.91 Å². The van der Waals surface area contributed by atoms with Crippen molar-refractivity contribution in [3.05, 3.63) is 48.3 Å². The Morgan fingerprint density at radius 1 is 1.27 bits per heavy atom. The summed E-state index contributed by atoms with van der Waals surface area (Å²) in [7, 11) is 0. The number of para-hydroxylation sites is 1. The van der Waals surface area contributed by atoms with Crippen molar-refractivity contribution >= 4 is 5.91 Å². The molecule has 0 unspecified atom stereocenters. The molecule has 1 aliphatic rings. The van der Waals surface area contributed by atoms with E-state index in [-0.39, 0.29) is 11.9 Å². The quantitative estimate of drug-likeness (QED) is 0.827. The number of likely N-dealkylation sites (tertiary alicyclic amines) is 1. The summed E-state index contributed by atoms with van der Waals surface area (Å²) in [6.45, 7) is 7.69. The molecule has 1 atom stereocenters. The third-order valence-corrected chi connectivity index (χ3v) is 5.22. The van der Waals surface area contributed by atoms with Gasteiger partial charge in [-0.25, -0.2) is 4.68 Å². The summed E-state index contributed by atoms with van der Waals surface area (Å²) in [6, 6.07) is 9.99.